The third-order valence-corrected chi connectivity index (χ3v) is 5.54. The molecule has 2 aliphatic rings. The van der Waals surface area contributed by atoms with Crippen molar-refractivity contribution >= 4 is 6.09 Å². The normalized spacial score (nSPS) is 21.4. The van der Waals surface area contributed by atoms with Gasteiger partial charge in [-0.25, -0.2) is 4.79 Å². The SMILES string of the molecule is CN(C)CC1CC(O)CN1C(=O)OCC1c2ccccc2-c2ccccc21. The van der Waals surface area contributed by atoms with Gasteiger partial charge in [0.05, 0.1) is 18.7 Å². The maximum absolute atomic E-state index is 12.7. The van der Waals surface area contributed by atoms with Crippen molar-refractivity contribution in [2.45, 2.75) is 24.5 Å². The molecule has 1 heterocycles. The monoisotopic (exact) mass is 366 g/mol. The molecule has 27 heavy (non-hydrogen) atoms. The maximum atomic E-state index is 12.7. The van der Waals surface area contributed by atoms with Gasteiger partial charge < -0.3 is 19.6 Å². The number of aliphatic hydroxyl groups is 1. The first-order valence-electron chi connectivity index (χ1n) is 9.49. The lowest BCUT2D eigenvalue weighted by molar-refractivity contribution is 0.0873. The van der Waals surface area contributed by atoms with E-state index in [9.17, 15) is 9.90 Å². The number of nitrogens with zero attached hydrogens (tertiary/aromatic N) is 2. The number of β-amino-alcohol motifs (C(OH)–C–C–N with tert-alkyl or cyclic N) is 1. The van der Waals surface area contributed by atoms with Gasteiger partial charge in [-0.05, 0) is 42.8 Å². The molecule has 2 unspecified atom stereocenters. The van der Waals surface area contributed by atoms with Crippen LogP contribution in [0.15, 0.2) is 48.5 Å². The number of aliphatic hydroxyl groups excluding tert-OH is 1. The Kier molecular flexibility index (Phi) is 4.89. The number of ether oxygens (including phenoxy) is 1. The molecule has 5 nitrogen and oxygen atoms in total. The van der Waals surface area contributed by atoms with E-state index in [4.69, 9.17) is 4.74 Å². The minimum Gasteiger partial charge on any atom is -0.448 e. The second-order valence-electron chi connectivity index (χ2n) is 7.76. The van der Waals surface area contributed by atoms with E-state index in [-0.39, 0.29) is 18.1 Å². The van der Waals surface area contributed by atoms with Crippen LogP contribution in [0.3, 0.4) is 0 Å². The van der Waals surface area contributed by atoms with E-state index in [0.717, 1.165) is 6.54 Å². The average molecular weight is 366 g/mol. The van der Waals surface area contributed by atoms with Crippen LogP contribution in [0.4, 0.5) is 4.79 Å². The Morgan fingerprint density at radius 3 is 2.30 bits per heavy atom. The number of likely N-dealkylation sites (N-methyl/N-ethyl adjacent to an activating group) is 1. The van der Waals surface area contributed by atoms with E-state index in [1.165, 1.54) is 22.3 Å². The van der Waals surface area contributed by atoms with Crippen molar-refractivity contribution < 1.29 is 14.6 Å². The van der Waals surface area contributed by atoms with Crippen molar-refractivity contribution in [3.8, 4) is 11.1 Å². The van der Waals surface area contributed by atoms with Crippen LogP contribution >= 0.6 is 0 Å². The van der Waals surface area contributed by atoms with Gasteiger partial charge in [0.25, 0.3) is 0 Å². The zero-order valence-corrected chi connectivity index (χ0v) is 15.8. The van der Waals surface area contributed by atoms with Crippen molar-refractivity contribution in [1.29, 1.82) is 0 Å². The molecule has 5 heteroatoms. The summed E-state index contributed by atoms with van der Waals surface area (Å²) in [7, 11) is 3.95. The van der Waals surface area contributed by atoms with Gasteiger partial charge >= 0.3 is 6.09 Å². The maximum Gasteiger partial charge on any atom is 0.410 e. The molecule has 2 aromatic carbocycles. The minimum absolute atomic E-state index is 0.00866. The minimum atomic E-state index is -0.476. The van der Waals surface area contributed by atoms with Gasteiger partial charge in [-0.2, -0.15) is 0 Å². The van der Waals surface area contributed by atoms with Crippen molar-refractivity contribution in [2.75, 3.05) is 33.8 Å². The molecule has 0 spiro atoms. The molecule has 0 saturated carbocycles. The number of hydrogen-bond donors (Lipinski definition) is 1. The van der Waals surface area contributed by atoms with Crippen LogP contribution in [0.25, 0.3) is 11.1 Å². The Hall–Kier alpha value is -2.37. The molecule has 1 saturated heterocycles. The van der Waals surface area contributed by atoms with Crippen molar-refractivity contribution in [3.63, 3.8) is 0 Å². The van der Waals surface area contributed by atoms with E-state index >= 15 is 0 Å². The lowest BCUT2D eigenvalue weighted by Crippen LogP contribution is -2.42. The average Bonchev–Trinajstić information content (AvgIpc) is 3.17. The van der Waals surface area contributed by atoms with Crippen LogP contribution in [0.1, 0.15) is 23.5 Å². The Labute approximate surface area is 160 Å². The second kappa shape index (κ2) is 7.33. The van der Waals surface area contributed by atoms with Crippen molar-refractivity contribution in [1.82, 2.24) is 9.80 Å². The van der Waals surface area contributed by atoms with Crippen LogP contribution in [-0.4, -0.2) is 66.9 Å². The van der Waals surface area contributed by atoms with E-state index in [0.29, 0.717) is 19.6 Å². The fourth-order valence-corrected chi connectivity index (χ4v) is 4.39. The number of likely N-dealkylation sites (tertiary alicyclic amines) is 1. The van der Waals surface area contributed by atoms with Crippen LogP contribution in [-0.2, 0) is 4.74 Å². The van der Waals surface area contributed by atoms with Crippen molar-refractivity contribution in [3.05, 3.63) is 59.7 Å². The third kappa shape index (κ3) is 3.45. The summed E-state index contributed by atoms with van der Waals surface area (Å²) >= 11 is 0. The number of hydrogen-bond acceptors (Lipinski definition) is 4. The summed E-state index contributed by atoms with van der Waals surface area (Å²) in [4.78, 5) is 16.4. The molecule has 1 fully saturated rings. The van der Waals surface area contributed by atoms with E-state index in [1.807, 2.05) is 43.3 Å². The van der Waals surface area contributed by atoms with Gasteiger partial charge in [-0.1, -0.05) is 48.5 Å². The Bertz CT molecular complexity index is 790. The standard InChI is InChI=1S/C22H26N2O3/c1-23(2)12-15-11-16(25)13-24(15)22(26)27-14-21-19-9-5-3-7-17(19)18-8-4-6-10-20(18)21/h3-10,15-16,21,25H,11-14H2,1-2H3. The summed E-state index contributed by atoms with van der Waals surface area (Å²) in [6, 6.07) is 16.6. The van der Waals surface area contributed by atoms with E-state index in [2.05, 4.69) is 24.3 Å². The topological polar surface area (TPSA) is 53.0 Å². The first-order chi connectivity index (χ1) is 13.0. The summed E-state index contributed by atoms with van der Waals surface area (Å²) in [6.45, 7) is 1.38. The molecule has 1 aliphatic carbocycles. The predicted octanol–water partition coefficient (Wildman–Crippen LogP) is 2.93. The molecule has 2 atom stereocenters. The van der Waals surface area contributed by atoms with Crippen LogP contribution in [0, 0.1) is 0 Å². The van der Waals surface area contributed by atoms with Gasteiger partial charge in [0.2, 0.25) is 0 Å². The van der Waals surface area contributed by atoms with Gasteiger partial charge in [-0.3, -0.25) is 0 Å². The first-order valence-corrected chi connectivity index (χ1v) is 9.49. The third-order valence-electron chi connectivity index (χ3n) is 5.54. The van der Waals surface area contributed by atoms with E-state index < -0.39 is 6.10 Å². The van der Waals surface area contributed by atoms with Gasteiger partial charge in [0.15, 0.2) is 0 Å². The highest BCUT2D eigenvalue weighted by Crippen LogP contribution is 2.44. The highest BCUT2D eigenvalue weighted by molar-refractivity contribution is 5.79. The van der Waals surface area contributed by atoms with Crippen LogP contribution < -0.4 is 0 Å². The molecular weight excluding hydrogens is 340 g/mol. The Balaban J connectivity index is 1.49. The summed E-state index contributed by atoms with van der Waals surface area (Å²) < 4.78 is 5.74. The molecule has 0 aromatic heterocycles. The fourth-order valence-electron chi connectivity index (χ4n) is 4.39. The Morgan fingerprint density at radius 2 is 1.70 bits per heavy atom. The molecule has 1 amide bonds. The molecule has 2 aromatic rings. The van der Waals surface area contributed by atoms with Crippen LogP contribution in [0.2, 0.25) is 0 Å². The zero-order chi connectivity index (χ0) is 19.0. The lowest BCUT2D eigenvalue weighted by atomic mass is 9.98. The fraction of sp³-hybridized carbons (Fsp3) is 0.409. The summed E-state index contributed by atoms with van der Waals surface area (Å²) in [5.74, 6) is 0.0566. The number of rotatable bonds is 4. The smallest absolute Gasteiger partial charge is 0.410 e. The predicted molar refractivity (Wildman–Crippen MR) is 105 cm³/mol. The largest absolute Gasteiger partial charge is 0.448 e. The molecule has 0 radical (unpaired) electrons. The Morgan fingerprint density at radius 1 is 1.11 bits per heavy atom. The molecule has 1 N–H and O–H groups in total. The van der Waals surface area contributed by atoms with Gasteiger partial charge in [0.1, 0.15) is 6.61 Å². The number of benzene rings is 2. The summed E-state index contributed by atoms with van der Waals surface area (Å²) in [6.07, 6.45) is -0.210. The van der Waals surface area contributed by atoms with Gasteiger partial charge in [-0.15, -0.1) is 0 Å². The molecule has 4 rings (SSSR count). The summed E-state index contributed by atoms with van der Waals surface area (Å²) in [5.41, 5.74) is 4.85. The second-order valence-corrected chi connectivity index (χ2v) is 7.76. The van der Waals surface area contributed by atoms with Crippen LogP contribution in [0.5, 0.6) is 0 Å². The molecule has 142 valence electrons. The zero-order valence-electron chi connectivity index (χ0n) is 15.8. The lowest BCUT2D eigenvalue weighted by Gasteiger charge is -2.26. The first kappa shape index (κ1) is 18.0. The quantitative estimate of drug-likeness (QED) is 0.904. The molecule has 0 bridgehead atoms. The number of carbonyl (C=O) groups is 1. The van der Waals surface area contributed by atoms with Crippen molar-refractivity contribution in [2.24, 2.45) is 0 Å². The number of amides is 1. The summed E-state index contributed by atoms with van der Waals surface area (Å²) in [5, 5.41) is 10.0. The van der Waals surface area contributed by atoms with E-state index in [1.54, 1.807) is 4.90 Å². The molecular formula is C22H26N2O3. The number of fused-ring (bicyclic) bond motifs is 3. The highest BCUT2D eigenvalue weighted by Gasteiger charge is 2.36. The number of carbonyl (C=O) groups excluding carboxylic acids is 1. The molecule has 1 aliphatic heterocycles. The van der Waals surface area contributed by atoms with Gasteiger partial charge in [0, 0.05) is 12.5 Å². The highest BCUT2D eigenvalue weighted by atomic mass is 16.6.